The zero-order chi connectivity index (χ0) is 10.9. The molecule has 0 aliphatic carbocycles. The van der Waals surface area contributed by atoms with Crippen LogP contribution in [0.15, 0.2) is 18.2 Å². The summed E-state index contributed by atoms with van der Waals surface area (Å²) in [5.41, 5.74) is 0. The fourth-order valence-electron chi connectivity index (χ4n) is 0.519. The minimum Gasteiger partial charge on any atom is -0.504 e. The van der Waals surface area contributed by atoms with E-state index in [2.05, 4.69) is 13.8 Å². The fraction of sp³-hybridized carbons (Fsp3) is 0.200. The molecule has 0 amide bonds. The molecule has 0 aliphatic rings. The second-order valence-electron chi connectivity index (χ2n) is 1.64. The summed E-state index contributed by atoms with van der Waals surface area (Å²) in [5, 5.41) is 26.1. The zero-order valence-corrected chi connectivity index (χ0v) is 11.7. The van der Waals surface area contributed by atoms with Gasteiger partial charge in [-0.15, -0.1) is 0 Å². The molecule has 14 heavy (non-hydrogen) atoms. The molecule has 1 rings (SSSR count). The zero-order valence-electron chi connectivity index (χ0n) is 8.70. The van der Waals surface area contributed by atoms with Crippen LogP contribution < -0.4 is 0 Å². The first-order valence-corrected chi connectivity index (χ1v) is 3.83. The van der Waals surface area contributed by atoms with Crippen molar-refractivity contribution >= 4 is 0 Å². The third-order valence-electron chi connectivity index (χ3n) is 0.993. The first kappa shape index (κ1) is 18.9. The van der Waals surface area contributed by atoms with E-state index in [1.807, 2.05) is 0 Å². The van der Waals surface area contributed by atoms with Gasteiger partial charge in [-0.2, -0.15) is 13.8 Å². The van der Waals surface area contributed by atoms with Crippen LogP contribution >= 0.6 is 0 Å². The number of aromatic hydroxyl groups is 3. The van der Waals surface area contributed by atoms with E-state index >= 15 is 0 Å². The van der Waals surface area contributed by atoms with E-state index in [0.717, 1.165) is 0 Å². The third-order valence-corrected chi connectivity index (χ3v) is 0.993. The van der Waals surface area contributed by atoms with Crippen molar-refractivity contribution in [3.8, 4) is 17.2 Å². The second-order valence-corrected chi connectivity index (χ2v) is 1.64. The second kappa shape index (κ2) is 12.2. The smallest absolute Gasteiger partial charge is 0.504 e. The van der Waals surface area contributed by atoms with E-state index in [1.54, 1.807) is 13.8 Å². The molecule has 0 radical (unpaired) electrons. The van der Waals surface area contributed by atoms with Crippen LogP contribution in [0.1, 0.15) is 13.8 Å². The Morgan fingerprint density at radius 2 is 1.14 bits per heavy atom. The van der Waals surface area contributed by atoms with E-state index in [1.165, 1.54) is 18.2 Å². The van der Waals surface area contributed by atoms with Crippen LogP contribution in [0.2, 0.25) is 0 Å². The summed E-state index contributed by atoms with van der Waals surface area (Å²) in [7, 11) is 0. The minimum absolute atomic E-state index is 0. The summed E-state index contributed by atoms with van der Waals surface area (Å²) >= 11 is 0. The van der Waals surface area contributed by atoms with Crippen LogP contribution in [-0.4, -0.2) is 15.3 Å². The van der Waals surface area contributed by atoms with Gasteiger partial charge in [0.05, 0.1) is 0 Å². The average molecular weight is 250 g/mol. The molecule has 0 spiro atoms. The minimum atomic E-state index is -0.475. The summed E-state index contributed by atoms with van der Waals surface area (Å²) in [6, 6.07) is 4.01. The molecule has 3 N–H and O–H groups in total. The molecular weight excluding hydrogens is 233 g/mol. The van der Waals surface area contributed by atoms with Crippen LogP contribution in [0.4, 0.5) is 0 Å². The van der Waals surface area contributed by atoms with Crippen LogP contribution in [0.5, 0.6) is 17.2 Å². The van der Waals surface area contributed by atoms with Gasteiger partial charge >= 0.3 is 19.5 Å². The van der Waals surface area contributed by atoms with Crippen molar-refractivity contribution in [3.05, 3.63) is 32.0 Å². The van der Waals surface area contributed by atoms with Crippen LogP contribution in [-0.2, 0) is 19.5 Å². The standard InChI is InChI=1S/C6H6O3.2C2H5.Zn/c7-4-2-1-3-5(8)6(4)9;2*1-2;/h1-3,7-9H;2*1H2,2H3;/q;2*-1;+2. The van der Waals surface area contributed by atoms with Gasteiger partial charge in [-0.3, -0.25) is 0 Å². The summed E-state index contributed by atoms with van der Waals surface area (Å²) in [5.74, 6) is -1.09. The van der Waals surface area contributed by atoms with Crippen LogP contribution in [0.3, 0.4) is 0 Å². The SMILES string of the molecule is Oc1cccc(O)c1O.[CH2-]C.[CH2-]C.[Zn+2]. The Labute approximate surface area is 98.2 Å². The largest absolute Gasteiger partial charge is 2.00 e. The number of phenolic OH excluding ortho intramolecular Hbond substituents is 3. The Balaban J connectivity index is -0.000000216. The molecule has 0 atom stereocenters. The Morgan fingerprint density at radius 1 is 0.857 bits per heavy atom. The fourth-order valence-corrected chi connectivity index (χ4v) is 0.519. The van der Waals surface area contributed by atoms with E-state index in [9.17, 15) is 0 Å². The Hall–Kier alpha value is -0.757. The number of hydrogen-bond acceptors (Lipinski definition) is 3. The summed E-state index contributed by atoms with van der Waals surface area (Å²) in [6.07, 6.45) is 0. The molecule has 0 saturated carbocycles. The van der Waals surface area contributed by atoms with Gasteiger partial charge in [0.15, 0.2) is 17.2 Å². The van der Waals surface area contributed by atoms with Crippen molar-refractivity contribution in [3.63, 3.8) is 0 Å². The van der Waals surface area contributed by atoms with Crippen molar-refractivity contribution in [2.45, 2.75) is 13.8 Å². The van der Waals surface area contributed by atoms with E-state index in [-0.39, 0.29) is 31.0 Å². The molecular formula is C10H16O3Zn. The van der Waals surface area contributed by atoms with Crippen molar-refractivity contribution in [1.82, 2.24) is 0 Å². The molecule has 0 saturated heterocycles. The number of hydrogen-bond donors (Lipinski definition) is 3. The predicted molar refractivity (Wildman–Crippen MR) is 53.5 cm³/mol. The van der Waals surface area contributed by atoms with Gasteiger partial charge in [-0.05, 0) is 12.1 Å². The molecule has 0 aliphatic heterocycles. The maximum Gasteiger partial charge on any atom is 2.00 e. The molecule has 0 bridgehead atoms. The molecule has 1 aromatic carbocycles. The average Bonchev–Trinajstić information content (AvgIpc) is 2.20. The van der Waals surface area contributed by atoms with Gasteiger partial charge in [0.2, 0.25) is 0 Å². The van der Waals surface area contributed by atoms with E-state index < -0.39 is 5.75 Å². The molecule has 0 fully saturated rings. The number of para-hydroxylation sites is 1. The topological polar surface area (TPSA) is 60.7 Å². The molecule has 1 aromatic rings. The van der Waals surface area contributed by atoms with E-state index in [0.29, 0.717) is 0 Å². The van der Waals surface area contributed by atoms with Crippen molar-refractivity contribution < 1.29 is 34.8 Å². The van der Waals surface area contributed by atoms with Gasteiger partial charge in [-0.25, -0.2) is 0 Å². The van der Waals surface area contributed by atoms with Crippen molar-refractivity contribution in [1.29, 1.82) is 0 Å². The maximum absolute atomic E-state index is 8.71. The first-order valence-electron chi connectivity index (χ1n) is 3.83. The van der Waals surface area contributed by atoms with E-state index in [4.69, 9.17) is 15.3 Å². The van der Waals surface area contributed by atoms with Gasteiger partial charge in [0.1, 0.15) is 0 Å². The van der Waals surface area contributed by atoms with Gasteiger partial charge in [0.25, 0.3) is 0 Å². The molecule has 4 heteroatoms. The summed E-state index contributed by atoms with van der Waals surface area (Å²) in [6.45, 7) is 10.0. The summed E-state index contributed by atoms with van der Waals surface area (Å²) < 4.78 is 0. The molecule has 0 aromatic heterocycles. The van der Waals surface area contributed by atoms with Gasteiger partial charge in [-0.1, -0.05) is 6.07 Å². The predicted octanol–water partition coefficient (Wildman–Crippen LogP) is 2.48. The number of phenols is 3. The van der Waals surface area contributed by atoms with Gasteiger partial charge in [0, 0.05) is 0 Å². The number of benzene rings is 1. The van der Waals surface area contributed by atoms with Crippen LogP contribution in [0, 0.1) is 13.8 Å². The quantitative estimate of drug-likeness (QED) is 0.376. The molecule has 0 heterocycles. The number of rotatable bonds is 0. The Morgan fingerprint density at radius 3 is 1.36 bits per heavy atom. The van der Waals surface area contributed by atoms with Crippen LogP contribution in [0.25, 0.3) is 0 Å². The monoisotopic (exact) mass is 248 g/mol. The molecule has 76 valence electrons. The Bertz CT molecular complexity index is 206. The van der Waals surface area contributed by atoms with Crippen molar-refractivity contribution in [2.24, 2.45) is 0 Å². The summed E-state index contributed by atoms with van der Waals surface area (Å²) in [4.78, 5) is 0. The maximum atomic E-state index is 8.71. The van der Waals surface area contributed by atoms with Crippen molar-refractivity contribution in [2.75, 3.05) is 0 Å². The third kappa shape index (κ3) is 6.73. The molecule has 3 nitrogen and oxygen atoms in total. The Kier molecular flexibility index (Phi) is 16.5. The first-order chi connectivity index (χ1) is 6.22. The normalized spacial score (nSPS) is 6.86. The van der Waals surface area contributed by atoms with Gasteiger partial charge < -0.3 is 29.2 Å². The molecule has 0 unspecified atom stereocenters.